The van der Waals surface area contributed by atoms with Gasteiger partial charge in [-0.1, -0.05) is 35.9 Å². The molecule has 1 amide bonds. The Hall–Kier alpha value is -3.44. The normalized spacial score (nSPS) is 15.8. The number of pyridine rings is 1. The molecule has 5 heteroatoms. The van der Waals surface area contributed by atoms with Gasteiger partial charge in [0.05, 0.1) is 23.6 Å². The molecule has 1 fully saturated rings. The predicted molar refractivity (Wildman–Crippen MR) is 129 cm³/mol. The lowest BCUT2D eigenvalue weighted by Crippen LogP contribution is -2.37. The summed E-state index contributed by atoms with van der Waals surface area (Å²) in [5.74, 6) is 0.214. The molecule has 5 rings (SSSR count). The smallest absolute Gasteiger partial charge is 0.289 e. The summed E-state index contributed by atoms with van der Waals surface area (Å²) in [5, 5.41) is 1.07. The second kappa shape index (κ2) is 9.20. The van der Waals surface area contributed by atoms with Crippen molar-refractivity contribution in [2.24, 2.45) is 0 Å². The Balaban J connectivity index is 1.60. The molecular weight excluding hydrogens is 412 g/mol. The third-order valence-electron chi connectivity index (χ3n) is 6.28. The lowest BCUT2D eigenvalue weighted by Gasteiger charge is -2.26. The number of aromatic nitrogens is 1. The van der Waals surface area contributed by atoms with Gasteiger partial charge in [0.1, 0.15) is 0 Å². The fourth-order valence-electron chi connectivity index (χ4n) is 4.55. The Morgan fingerprint density at radius 3 is 2.73 bits per heavy atom. The van der Waals surface area contributed by atoms with E-state index >= 15 is 0 Å². The number of carbonyl (C=O) groups excluding carboxylic acids is 1. The first-order valence-electron chi connectivity index (χ1n) is 11.5. The van der Waals surface area contributed by atoms with E-state index in [9.17, 15) is 4.79 Å². The van der Waals surface area contributed by atoms with Crippen molar-refractivity contribution in [3.05, 3.63) is 89.4 Å². The molecule has 0 radical (unpaired) electrons. The second-order valence-corrected chi connectivity index (χ2v) is 8.81. The van der Waals surface area contributed by atoms with Crippen LogP contribution in [0.2, 0.25) is 0 Å². The average Bonchev–Trinajstić information content (AvgIpc) is 3.53. The number of furan rings is 1. The third-order valence-corrected chi connectivity index (χ3v) is 6.28. The van der Waals surface area contributed by atoms with E-state index in [0.29, 0.717) is 18.8 Å². The van der Waals surface area contributed by atoms with Gasteiger partial charge in [-0.3, -0.25) is 4.79 Å². The van der Waals surface area contributed by atoms with Gasteiger partial charge in [0.25, 0.3) is 5.91 Å². The van der Waals surface area contributed by atoms with Crippen LogP contribution >= 0.6 is 0 Å². The number of hydrogen-bond donors (Lipinski definition) is 0. The van der Waals surface area contributed by atoms with Crippen molar-refractivity contribution in [1.29, 1.82) is 0 Å². The molecule has 1 saturated heterocycles. The molecule has 0 saturated carbocycles. The topological polar surface area (TPSA) is 55.6 Å². The number of nitrogens with zero attached hydrogens (tertiary/aromatic N) is 2. The molecule has 168 valence electrons. The maximum absolute atomic E-state index is 13.4. The molecule has 5 nitrogen and oxygen atoms in total. The Bertz CT molecular complexity index is 1270. The van der Waals surface area contributed by atoms with Crippen molar-refractivity contribution < 1.29 is 13.9 Å². The minimum atomic E-state index is -0.129. The van der Waals surface area contributed by atoms with Crippen LogP contribution in [0.4, 0.5) is 0 Å². The molecule has 1 atom stereocenters. The quantitative estimate of drug-likeness (QED) is 0.373. The maximum Gasteiger partial charge on any atom is 0.289 e. The van der Waals surface area contributed by atoms with Crippen molar-refractivity contribution in [2.75, 3.05) is 13.2 Å². The number of rotatable bonds is 6. The number of benzene rings is 2. The first kappa shape index (κ1) is 21.4. The fourth-order valence-corrected chi connectivity index (χ4v) is 4.55. The van der Waals surface area contributed by atoms with Crippen LogP contribution in [0.5, 0.6) is 0 Å². The fraction of sp³-hybridized carbons (Fsp3) is 0.286. The van der Waals surface area contributed by atoms with Crippen molar-refractivity contribution >= 4 is 16.8 Å². The first-order chi connectivity index (χ1) is 16.1. The van der Waals surface area contributed by atoms with Gasteiger partial charge in [0.15, 0.2) is 5.76 Å². The number of hydrogen-bond acceptors (Lipinski definition) is 4. The van der Waals surface area contributed by atoms with Crippen LogP contribution in [-0.2, 0) is 11.3 Å². The van der Waals surface area contributed by atoms with Crippen molar-refractivity contribution in [1.82, 2.24) is 9.88 Å². The van der Waals surface area contributed by atoms with E-state index in [0.717, 1.165) is 52.7 Å². The Kier molecular flexibility index (Phi) is 5.97. The van der Waals surface area contributed by atoms with Crippen molar-refractivity contribution in [2.45, 2.75) is 39.3 Å². The van der Waals surface area contributed by atoms with Crippen LogP contribution in [0, 0.1) is 13.8 Å². The van der Waals surface area contributed by atoms with Crippen LogP contribution in [0.25, 0.3) is 22.2 Å². The minimum absolute atomic E-state index is 0.0430. The summed E-state index contributed by atoms with van der Waals surface area (Å²) < 4.78 is 11.3. The van der Waals surface area contributed by atoms with E-state index < -0.39 is 0 Å². The Labute approximate surface area is 194 Å². The summed E-state index contributed by atoms with van der Waals surface area (Å²) >= 11 is 0. The van der Waals surface area contributed by atoms with Crippen LogP contribution < -0.4 is 0 Å². The highest BCUT2D eigenvalue weighted by molar-refractivity contribution is 5.92. The summed E-state index contributed by atoms with van der Waals surface area (Å²) in [6.45, 7) is 5.88. The van der Waals surface area contributed by atoms with Gasteiger partial charge in [-0.2, -0.15) is 0 Å². The number of amides is 1. The first-order valence-corrected chi connectivity index (χ1v) is 11.5. The molecule has 2 aromatic carbocycles. The van der Waals surface area contributed by atoms with E-state index in [1.807, 2.05) is 17.0 Å². The molecule has 0 unspecified atom stereocenters. The molecule has 0 aliphatic carbocycles. The summed E-state index contributed by atoms with van der Waals surface area (Å²) in [5.41, 5.74) is 6.29. The zero-order chi connectivity index (χ0) is 22.8. The summed E-state index contributed by atoms with van der Waals surface area (Å²) in [6, 6.07) is 20.2. The minimum Gasteiger partial charge on any atom is -0.459 e. The highest BCUT2D eigenvalue weighted by Gasteiger charge is 2.26. The monoisotopic (exact) mass is 440 g/mol. The van der Waals surface area contributed by atoms with Gasteiger partial charge in [0.2, 0.25) is 0 Å². The van der Waals surface area contributed by atoms with Gasteiger partial charge in [-0.15, -0.1) is 0 Å². The Morgan fingerprint density at radius 2 is 1.97 bits per heavy atom. The molecular formula is C28H28N2O3. The van der Waals surface area contributed by atoms with E-state index in [4.69, 9.17) is 14.1 Å². The zero-order valence-corrected chi connectivity index (χ0v) is 19.1. The van der Waals surface area contributed by atoms with E-state index in [1.165, 1.54) is 11.8 Å². The maximum atomic E-state index is 13.4. The molecule has 0 N–H and O–H groups in total. The van der Waals surface area contributed by atoms with Crippen LogP contribution in [-0.4, -0.2) is 35.0 Å². The molecule has 33 heavy (non-hydrogen) atoms. The number of aryl methyl sites for hydroxylation is 2. The summed E-state index contributed by atoms with van der Waals surface area (Å²) in [4.78, 5) is 20.3. The average molecular weight is 441 g/mol. The molecule has 0 bridgehead atoms. The molecule has 2 aromatic heterocycles. The Morgan fingerprint density at radius 1 is 1.09 bits per heavy atom. The van der Waals surface area contributed by atoms with E-state index in [2.05, 4.69) is 50.2 Å². The molecule has 1 aliphatic heterocycles. The van der Waals surface area contributed by atoms with Crippen molar-refractivity contribution in [3.63, 3.8) is 0 Å². The molecule has 4 aromatic rings. The largest absolute Gasteiger partial charge is 0.459 e. The van der Waals surface area contributed by atoms with Gasteiger partial charge in [-0.05, 0) is 68.1 Å². The van der Waals surface area contributed by atoms with E-state index in [-0.39, 0.29) is 12.0 Å². The van der Waals surface area contributed by atoms with E-state index in [1.54, 1.807) is 12.1 Å². The number of fused-ring (bicyclic) bond motifs is 1. The lowest BCUT2D eigenvalue weighted by molar-refractivity contribution is 0.0484. The van der Waals surface area contributed by atoms with Crippen LogP contribution in [0.15, 0.2) is 71.3 Å². The SMILES string of the molecule is Cc1ccc2nc(-c3ccccc3C)c(CN(C[C@@H]3CCCO3)C(=O)c3ccco3)cc2c1. The molecule has 1 aliphatic rings. The highest BCUT2D eigenvalue weighted by Crippen LogP contribution is 2.30. The summed E-state index contributed by atoms with van der Waals surface area (Å²) in [6.07, 6.45) is 3.57. The number of carbonyl (C=O) groups is 1. The van der Waals surface area contributed by atoms with Gasteiger partial charge in [0, 0.05) is 30.6 Å². The van der Waals surface area contributed by atoms with Crippen LogP contribution in [0.1, 0.15) is 40.1 Å². The zero-order valence-electron chi connectivity index (χ0n) is 19.1. The molecule has 3 heterocycles. The highest BCUT2D eigenvalue weighted by atomic mass is 16.5. The van der Waals surface area contributed by atoms with Gasteiger partial charge in [-0.25, -0.2) is 4.98 Å². The van der Waals surface area contributed by atoms with Gasteiger partial charge < -0.3 is 14.1 Å². The lowest BCUT2D eigenvalue weighted by atomic mass is 9.98. The van der Waals surface area contributed by atoms with Crippen LogP contribution in [0.3, 0.4) is 0 Å². The third kappa shape index (κ3) is 4.55. The predicted octanol–water partition coefficient (Wildman–Crippen LogP) is 5.93. The standard InChI is InChI=1S/C28H28N2O3/c1-19-11-12-25-21(15-19)16-22(27(29-25)24-9-4-3-7-20(24)2)17-30(18-23-8-5-13-32-23)28(31)26-10-6-14-33-26/h3-4,6-7,9-12,14-16,23H,5,8,13,17-18H2,1-2H3/t23-/m0/s1. The van der Waals surface area contributed by atoms with Gasteiger partial charge >= 0.3 is 0 Å². The number of ether oxygens (including phenoxy) is 1. The summed E-state index contributed by atoms with van der Waals surface area (Å²) in [7, 11) is 0. The van der Waals surface area contributed by atoms with Crippen molar-refractivity contribution in [3.8, 4) is 11.3 Å². The molecule has 0 spiro atoms. The second-order valence-electron chi connectivity index (χ2n) is 8.81.